The smallest absolute Gasteiger partial charge is 0.331 e. The second-order valence-electron chi connectivity index (χ2n) is 8.51. The maximum Gasteiger partial charge on any atom is 0.331 e. The molecule has 0 bridgehead atoms. The molecule has 0 unspecified atom stereocenters. The zero-order valence-corrected chi connectivity index (χ0v) is 20.9. The SMILES string of the molecule is CC(C)(C)OC(=O)[C@H](Cc1c(F)c(F)c(F)c(I)c1F)N=C(c1ccccc1)c1ccccc1. The van der Waals surface area contributed by atoms with Crippen molar-refractivity contribution in [3.63, 3.8) is 0 Å². The molecule has 8 heteroatoms. The van der Waals surface area contributed by atoms with Crippen LogP contribution in [-0.4, -0.2) is 23.3 Å². The van der Waals surface area contributed by atoms with Crippen LogP contribution in [0.5, 0.6) is 0 Å². The average molecular weight is 583 g/mol. The fourth-order valence-electron chi connectivity index (χ4n) is 3.24. The first kappa shape index (κ1) is 25.9. The normalized spacial score (nSPS) is 12.2. The van der Waals surface area contributed by atoms with E-state index in [2.05, 4.69) is 4.99 Å². The van der Waals surface area contributed by atoms with Gasteiger partial charge in [-0.25, -0.2) is 22.4 Å². The van der Waals surface area contributed by atoms with E-state index in [9.17, 15) is 22.4 Å². The first-order valence-electron chi connectivity index (χ1n) is 10.4. The van der Waals surface area contributed by atoms with Crippen LogP contribution in [-0.2, 0) is 16.0 Å². The molecule has 3 nitrogen and oxygen atoms in total. The Morgan fingerprint density at radius 1 is 0.853 bits per heavy atom. The predicted molar refractivity (Wildman–Crippen MR) is 131 cm³/mol. The van der Waals surface area contributed by atoms with Crippen LogP contribution in [0.4, 0.5) is 17.6 Å². The second-order valence-corrected chi connectivity index (χ2v) is 9.59. The molecule has 0 aromatic heterocycles. The van der Waals surface area contributed by atoms with E-state index in [1.807, 2.05) is 12.1 Å². The molecule has 0 fully saturated rings. The number of hydrogen-bond acceptors (Lipinski definition) is 3. The van der Waals surface area contributed by atoms with Gasteiger partial charge in [0.2, 0.25) is 0 Å². The highest BCUT2D eigenvalue weighted by Crippen LogP contribution is 2.28. The van der Waals surface area contributed by atoms with Crippen molar-refractivity contribution in [2.75, 3.05) is 0 Å². The lowest BCUT2D eigenvalue weighted by molar-refractivity contribution is -0.156. The Balaban J connectivity index is 2.18. The molecule has 0 saturated carbocycles. The molecule has 1 atom stereocenters. The van der Waals surface area contributed by atoms with E-state index >= 15 is 0 Å². The number of rotatable bonds is 6. The topological polar surface area (TPSA) is 38.7 Å². The van der Waals surface area contributed by atoms with Crippen LogP contribution >= 0.6 is 22.6 Å². The molecule has 3 rings (SSSR count). The Bertz CT molecular complexity index is 1140. The van der Waals surface area contributed by atoms with Gasteiger partial charge in [-0.05, 0) is 43.4 Å². The Morgan fingerprint density at radius 2 is 1.35 bits per heavy atom. The van der Waals surface area contributed by atoms with Gasteiger partial charge in [0.1, 0.15) is 11.4 Å². The summed E-state index contributed by atoms with van der Waals surface area (Å²) in [5.41, 5.74) is 0.00837. The van der Waals surface area contributed by atoms with Crippen molar-refractivity contribution < 1.29 is 27.1 Å². The van der Waals surface area contributed by atoms with E-state index in [0.29, 0.717) is 16.8 Å². The van der Waals surface area contributed by atoms with Gasteiger partial charge in [0.15, 0.2) is 23.5 Å². The summed E-state index contributed by atoms with van der Waals surface area (Å²) in [4.78, 5) is 17.6. The maximum atomic E-state index is 14.8. The molecule has 178 valence electrons. The zero-order chi connectivity index (χ0) is 25.0. The molecule has 0 radical (unpaired) electrons. The molecule has 3 aromatic rings. The lowest BCUT2D eigenvalue weighted by Gasteiger charge is -2.23. The van der Waals surface area contributed by atoms with Gasteiger partial charge in [-0.1, -0.05) is 60.7 Å². The summed E-state index contributed by atoms with van der Waals surface area (Å²) in [6, 6.07) is 16.4. The summed E-state index contributed by atoms with van der Waals surface area (Å²) < 4.78 is 62.0. The third kappa shape index (κ3) is 6.02. The van der Waals surface area contributed by atoms with E-state index < -0.39 is 56.4 Å². The third-order valence-corrected chi connectivity index (χ3v) is 5.70. The molecule has 0 spiro atoms. The summed E-state index contributed by atoms with van der Waals surface area (Å²) in [5, 5.41) is 0. The first-order chi connectivity index (χ1) is 16.0. The summed E-state index contributed by atoms with van der Waals surface area (Å²) in [7, 11) is 0. The van der Waals surface area contributed by atoms with Crippen molar-refractivity contribution in [1.29, 1.82) is 0 Å². The third-order valence-electron chi connectivity index (χ3n) is 4.76. The summed E-state index contributed by atoms with van der Waals surface area (Å²) in [6.45, 7) is 4.92. The van der Waals surface area contributed by atoms with Crippen LogP contribution in [0.3, 0.4) is 0 Å². The zero-order valence-electron chi connectivity index (χ0n) is 18.7. The molecule has 0 N–H and O–H groups in total. The molecule has 0 amide bonds. The highest BCUT2D eigenvalue weighted by atomic mass is 127. The number of aliphatic imine (C=N–C) groups is 1. The standard InChI is InChI=1S/C26H22F4INO2/c1-26(2,3)34-25(33)18(14-17-19(27)21(29)22(30)23(31)20(17)28)32-24(15-10-6-4-7-11-15)16-12-8-5-9-13-16/h4-13,18H,14H2,1-3H3/t18-/m0/s1. The fourth-order valence-corrected chi connectivity index (χ4v) is 3.80. The van der Waals surface area contributed by atoms with Crippen molar-refractivity contribution in [2.24, 2.45) is 4.99 Å². The summed E-state index contributed by atoms with van der Waals surface area (Å²) in [6.07, 6.45) is -0.664. The minimum Gasteiger partial charge on any atom is -0.458 e. The van der Waals surface area contributed by atoms with Gasteiger partial charge in [0, 0.05) is 23.1 Å². The van der Waals surface area contributed by atoms with E-state index in [1.165, 1.54) is 22.6 Å². The number of halogens is 5. The molecular formula is C26H22F4INO2. The summed E-state index contributed by atoms with van der Waals surface area (Å²) >= 11 is 1.26. The van der Waals surface area contributed by atoms with Gasteiger partial charge in [-0.2, -0.15) is 0 Å². The lowest BCUT2D eigenvalue weighted by atomic mass is 10.00. The van der Waals surface area contributed by atoms with Crippen LogP contribution < -0.4 is 0 Å². The number of carbonyl (C=O) groups excluding carboxylic acids is 1. The minimum atomic E-state index is -1.81. The number of hydrogen-bond donors (Lipinski definition) is 0. The fraction of sp³-hybridized carbons (Fsp3) is 0.231. The molecule has 34 heavy (non-hydrogen) atoms. The van der Waals surface area contributed by atoms with Crippen LogP contribution in [0.15, 0.2) is 65.7 Å². The van der Waals surface area contributed by atoms with Crippen molar-refractivity contribution >= 4 is 34.3 Å². The van der Waals surface area contributed by atoms with Gasteiger partial charge in [0.05, 0.1) is 9.28 Å². The molecule has 0 aliphatic rings. The van der Waals surface area contributed by atoms with Crippen molar-refractivity contribution in [3.05, 3.63) is 104 Å². The van der Waals surface area contributed by atoms with Crippen molar-refractivity contribution in [3.8, 4) is 0 Å². The Labute approximate surface area is 209 Å². The summed E-state index contributed by atoms with van der Waals surface area (Å²) in [5.74, 6) is -7.25. The van der Waals surface area contributed by atoms with E-state index in [0.717, 1.165) is 0 Å². The van der Waals surface area contributed by atoms with E-state index in [-0.39, 0.29) is 0 Å². The predicted octanol–water partition coefficient (Wildman–Crippen LogP) is 6.64. The van der Waals surface area contributed by atoms with E-state index in [1.54, 1.807) is 69.3 Å². The maximum absolute atomic E-state index is 14.8. The molecule has 0 aliphatic carbocycles. The first-order valence-corrected chi connectivity index (χ1v) is 11.5. The average Bonchev–Trinajstić information content (AvgIpc) is 2.81. The van der Waals surface area contributed by atoms with Gasteiger partial charge >= 0.3 is 5.97 Å². The Morgan fingerprint density at radius 3 is 1.82 bits per heavy atom. The number of esters is 1. The second kappa shape index (κ2) is 10.7. The highest BCUT2D eigenvalue weighted by Gasteiger charge is 2.31. The van der Waals surface area contributed by atoms with Gasteiger partial charge in [0.25, 0.3) is 0 Å². The van der Waals surface area contributed by atoms with Crippen molar-refractivity contribution in [1.82, 2.24) is 0 Å². The van der Waals surface area contributed by atoms with Crippen LogP contribution in [0.25, 0.3) is 0 Å². The molecule has 3 aromatic carbocycles. The monoisotopic (exact) mass is 583 g/mol. The minimum absolute atomic E-state index is 0.384. The van der Waals surface area contributed by atoms with Gasteiger partial charge in [-0.3, -0.25) is 4.99 Å². The lowest BCUT2D eigenvalue weighted by Crippen LogP contribution is -2.33. The molecular weight excluding hydrogens is 561 g/mol. The molecule has 0 aliphatic heterocycles. The van der Waals surface area contributed by atoms with Gasteiger partial charge < -0.3 is 4.74 Å². The quantitative estimate of drug-likeness (QED) is 0.0816. The molecule has 0 saturated heterocycles. The number of nitrogens with zero attached hydrogens (tertiary/aromatic N) is 1. The largest absolute Gasteiger partial charge is 0.458 e. The van der Waals surface area contributed by atoms with Crippen LogP contribution in [0.2, 0.25) is 0 Å². The number of ether oxygens (including phenoxy) is 1. The molecule has 0 heterocycles. The Hall–Kier alpha value is -2.75. The van der Waals surface area contributed by atoms with Crippen LogP contribution in [0.1, 0.15) is 37.5 Å². The number of carbonyl (C=O) groups is 1. The van der Waals surface area contributed by atoms with Crippen molar-refractivity contribution in [2.45, 2.75) is 38.8 Å². The number of benzene rings is 3. The van der Waals surface area contributed by atoms with E-state index in [4.69, 9.17) is 4.74 Å². The van der Waals surface area contributed by atoms with Crippen LogP contribution in [0, 0.1) is 26.8 Å². The highest BCUT2D eigenvalue weighted by molar-refractivity contribution is 14.1. The van der Waals surface area contributed by atoms with Gasteiger partial charge in [-0.15, -0.1) is 0 Å². The Kier molecular flexibility index (Phi) is 8.12.